The van der Waals surface area contributed by atoms with Gasteiger partial charge in [0.15, 0.2) is 0 Å². The van der Waals surface area contributed by atoms with Crippen molar-refractivity contribution in [3.05, 3.63) is 0 Å². The van der Waals surface area contributed by atoms with Gasteiger partial charge in [0.1, 0.15) is 17.2 Å². The van der Waals surface area contributed by atoms with Crippen LogP contribution in [0.25, 0.3) is 0 Å². The number of rotatable bonds is 5. The van der Waals surface area contributed by atoms with Crippen molar-refractivity contribution < 1.29 is 28.7 Å². The number of hydrogen-bond donors (Lipinski definition) is 3. The number of carbonyl (C=O) groups excluding carboxylic acids is 4. The van der Waals surface area contributed by atoms with Crippen LogP contribution < -0.4 is 16.2 Å². The van der Waals surface area contributed by atoms with Crippen LogP contribution in [0.4, 0.5) is 4.79 Å². The molecule has 25 heavy (non-hydrogen) atoms. The molecule has 0 rings (SSSR count). The van der Waals surface area contributed by atoms with E-state index in [9.17, 15) is 19.2 Å². The normalized spacial score (nSPS) is 12.6. The maximum absolute atomic E-state index is 12.1. The molecule has 0 radical (unpaired) electrons. The molecular formula is C16H29N3O6. The van der Waals surface area contributed by atoms with Gasteiger partial charge < -0.3 is 14.8 Å². The summed E-state index contributed by atoms with van der Waals surface area (Å²) in [6.07, 6.45) is -0.887. The van der Waals surface area contributed by atoms with Gasteiger partial charge in [-0.2, -0.15) is 0 Å². The standard InChI is InChI=1S/C16H29N3O6/c1-10(20)17-11(13(22)24-15(2,3)4)8-9-12(21)18-19-14(23)25-16(5,6)7/h11H,8-9H2,1-7H3,(H,17,20)(H,18,21)(H,19,23). The van der Waals surface area contributed by atoms with E-state index in [-0.39, 0.29) is 12.8 Å². The van der Waals surface area contributed by atoms with Gasteiger partial charge in [-0.25, -0.2) is 15.0 Å². The van der Waals surface area contributed by atoms with Crippen molar-refractivity contribution in [1.82, 2.24) is 16.2 Å². The van der Waals surface area contributed by atoms with Gasteiger partial charge in [-0.05, 0) is 48.0 Å². The fourth-order valence-corrected chi connectivity index (χ4v) is 1.63. The first kappa shape index (κ1) is 22.7. The summed E-state index contributed by atoms with van der Waals surface area (Å²) in [6.45, 7) is 11.4. The van der Waals surface area contributed by atoms with Crippen LogP contribution in [0.1, 0.15) is 61.3 Å². The molecular weight excluding hydrogens is 330 g/mol. The smallest absolute Gasteiger partial charge is 0.426 e. The molecule has 0 heterocycles. The van der Waals surface area contributed by atoms with Gasteiger partial charge in [-0.3, -0.25) is 15.0 Å². The molecule has 0 spiro atoms. The van der Waals surface area contributed by atoms with Crippen LogP contribution in [0.3, 0.4) is 0 Å². The van der Waals surface area contributed by atoms with Crippen LogP contribution >= 0.6 is 0 Å². The third kappa shape index (κ3) is 12.7. The number of esters is 1. The van der Waals surface area contributed by atoms with Gasteiger partial charge in [0, 0.05) is 13.3 Å². The van der Waals surface area contributed by atoms with Crippen molar-refractivity contribution in [2.45, 2.75) is 78.6 Å². The molecule has 0 aliphatic carbocycles. The number of ether oxygens (including phenoxy) is 2. The third-order valence-corrected chi connectivity index (χ3v) is 2.43. The first-order valence-electron chi connectivity index (χ1n) is 7.97. The lowest BCUT2D eigenvalue weighted by atomic mass is 10.1. The Morgan fingerprint density at radius 2 is 1.40 bits per heavy atom. The molecule has 9 heteroatoms. The molecule has 144 valence electrons. The topological polar surface area (TPSA) is 123 Å². The Morgan fingerprint density at radius 3 is 1.84 bits per heavy atom. The van der Waals surface area contributed by atoms with Gasteiger partial charge in [0.05, 0.1) is 0 Å². The predicted octanol–water partition coefficient (Wildman–Crippen LogP) is 1.17. The molecule has 1 unspecified atom stereocenters. The minimum Gasteiger partial charge on any atom is -0.458 e. The minimum atomic E-state index is -0.955. The van der Waals surface area contributed by atoms with Crippen LogP contribution in [0.15, 0.2) is 0 Å². The van der Waals surface area contributed by atoms with Crippen LogP contribution in [0, 0.1) is 0 Å². The van der Waals surface area contributed by atoms with Crippen molar-refractivity contribution in [2.24, 2.45) is 0 Å². The minimum absolute atomic E-state index is 0.0241. The molecule has 0 aromatic rings. The van der Waals surface area contributed by atoms with Gasteiger partial charge in [-0.1, -0.05) is 0 Å². The summed E-state index contributed by atoms with van der Waals surface area (Å²) in [6, 6.07) is -0.955. The molecule has 0 saturated heterocycles. The Morgan fingerprint density at radius 1 is 0.880 bits per heavy atom. The van der Waals surface area contributed by atoms with Gasteiger partial charge >= 0.3 is 12.1 Å². The third-order valence-electron chi connectivity index (χ3n) is 2.43. The van der Waals surface area contributed by atoms with E-state index in [2.05, 4.69) is 16.2 Å². The van der Waals surface area contributed by atoms with Gasteiger partial charge in [0.2, 0.25) is 11.8 Å². The highest BCUT2D eigenvalue weighted by Gasteiger charge is 2.26. The summed E-state index contributed by atoms with van der Waals surface area (Å²) in [7, 11) is 0. The average molecular weight is 359 g/mol. The van der Waals surface area contributed by atoms with E-state index in [1.54, 1.807) is 41.5 Å². The Kier molecular flexibility index (Phi) is 8.38. The maximum Gasteiger partial charge on any atom is 0.426 e. The van der Waals surface area contributed by atoms with Crippen molar-refractivity contribution in [2.75, 3.05) is 0 Å². The highest BCUT2D eigenvalue weighted by atomic mass is 16.6. The Labute approximate surface area is 148 Å². The van der Waals surface area contributed by atoms with Crippen molar-refractivity contribution in [1.29, 1.82) is 0 Å². The van der Waals surface area contributed by atoms with E-state index >= 15 is 0 Å². The average Bonchev–Trinajstić information content (AvgIpc) is 2.36. The van der Waals surface area contributed by atoms with Crippen LogP contribution in [0.5, 0.6) is 0 Å². The van der Waals surface area contributed by atoms with Gasteiger partial charge in [-0.15, -0.1) is 0 Å². The lowest BCUT2D eigenvalue weighted by Gasteiger charge is -2.24. The van der Waals surface area contributed by atoms with Gasteiger partial charge in [0.25, 0.3) is 0 Å². The first-order chi connectivity index (χ1) is 11.2. The maximum atomic E-state index is 12.1. The van der Waals surface area contributed by atoms with Crippen LogP contribution in [-0.4, -0.2) is 41.1 Å². The summed E-state index contributed by atoms with van der Waals surface area (Å²) >= 11 is 0. The van der Waals surface area contributed by atoms with Crippen molar-refractivity contribution in [3.63, 3.8) is 0 Å². The Hall–Kier alpha value is -2.32. The summed E-state index contributed by atoms with van der Waals surface area (Å²) in [5.41, 5.74) is 2.87. The molecule has 1 atom stereocenters. The number of nitrogens with one attached hydrogen (secondary N) is 3. The molecule has 0 aromatic heterocycles. The molecule has 0 aliphatic heterocycles. The van der Waals surface area contributed by atoms with E-state index in [1.165, 1.54) is 6.92 Å². The molecule has 0 aliphatic rings. The zero-order valence-corrected chi connectivity index (χ0v) is 15.9. The van der Waals surface area contributed by atoms with E-state index in [0.717, 1.165) is 0 Å². The van der Waals surface area contributed by atoms with Crippen LogP contribution in [-0.2, 0) is 23.9 Å². The van der Waals surface area contributed by atoms with Crippen LogP contribution in [0.2, 0.25) is 0 Å². The fourth-order valence-electron chi connectivity index (χ4n) is 1.63. The quantitative estimate of drug-likeness (QED) is 0.500. The number of carbonyl (C=O) groups is 4. The van der Waals surface area contributed by atoms with Crippen molar-refractivity contribution in [3.8, 4) is 0 Å². The number of amides is 3. The molecule has 9 nitrogen and oxygen atoms in total. The largest absolute Gasteiger partial charge is 0.458 e. The molecule has 0 aromatic carbocycles. The second-order valence-corrected chi connectivity index (χ2v) is 7.50. The van der Waals surface area contributed by atoms with E-state index in [0.29, 0.717) is 0 Å². The van der Waals surface area contributed by atoms with E-state index in [4.69, 9.17) is 9.47 Å². The molecule has 0 fully saturated rings. The lowest BCUT2D eigenvalue weighted by molar-refractivity contribution is -0.158. The summed E-state index contributed by atoms with van der Waals surface area (Å²) in [5, 5.41) is 2.45. The monoisotopic (exact) mass is 359 g/mol. The fraction of sp³-hybridized carbons (Fsp3) is 0.750. The molecule has 0 saturated carbocycles. The van der Waals surface area contributed by atoms with E-state index < -0.39 is 41.1 Å². The second kappa shape index (κ2) is 9.24. The zero-order chi connectivity index (χ0) is 19.8. The second-order valence-electron chi connectivity index (χ2n) is 7.50. The van der Waals surface area contributed by atoms with Crippen molar-refractivity contribution >= 4 is 23.9 Å². The number of hydrazine groups is 1. The molecule has 3 N–H and O–H groups in total. The summed E-state index contributed by atoms with van der Waals surface area (Å²) in [5.74, 6) is -1.58. The number of hydrogen-bond acceptors (Lipinski definition) is 6. The summed E-state index contributed by atoms with van der Waals surface area (Å²) in [4.78, 5) is 46.5. The first-order valence-corrected chi connectivity index (χ1v) is 7.97. The SMILES string of the molecule is CC(=O)NC(CCC(=O)NNC(=O)OC(C)(C)C)C(=O)OC(C)(C)C. The Balaban J connectivity index is 4.48. The zero-order valence-electron chi connectivity index (χ0n) is 15.9. The highest BCUT2D eigenvalue weighted by molar-refractivity contribution is 5.84. The predicted molar refractivity (Wildman–Crippen MR) is 90.2 cm³/mol. The summed E-state index contributed by atoms with van der Waals surface area (Å²) < 4.78 is 10.2. The Bertz CT molecular complexity index is 505. The highest BCUT2D eigenvalue weighted by Crippen LogP contribution is 2.11. The molecule has 0 bridgehead atoms. The molecule has 3 amide bonds. The van der Waals surface area contributed by atoms with E-state index in [1.807, 2.05) is 0 Å². The lowest BCUT2D eigenvalue weighted by Crippen LogP contribution is -2.46.